The molecule has 114 valence electrons. The van der Waals surface area contributed by atoms with Crippen LogP contribution in [0.2, 0.25) is 0 Å². The van der Waals surface area contributed by atoms with Gasteiger partial charge in [-0.15, -0.1) is 0 Å². The molecule has 1 aromatic carbocycles. The van der Waals surface area contributed by atoms with Crippen molar-refractivity contribution in [3.8, 4) is 5.75 Å². The van der Waals surface area contributed by atoms with E-state index in [0.29, 0.717) is 26.4 Å². The second-order valence-electron chi connectivity index (χ2n) is 4.75. The zero-order valence-corrected chi connectivity index (χ0v) is 12.2. The number of benzene rings is 1. The fourth-order valence-electron chi connectivity index (χ4n) is 2.26. The average Bonchev–Trinajstić information content (AvgIpc) is 2.54. The van der Waals surface area contributed by atoms with Crippen LogP contribution >= 0.6 is 0 Å². The number of para-hydroxylation sites is 1. The van der Waals surface area contributed by atoms with E-state index in [1.807, 2.05) is 31.2 Å². The molecule has 1 amide bonds. The van der Waals surface area contributed by atoms with Crippen LogP contribution in [0.3, 0.4) is 0 Å². The van der Waals surface area contributed by atoms with Crippen molar-refractivity contribution < 1.29 is 19.4 Å². The largest absolute Gasteiger partial charge is 0.493 e. The number of rotatable bonds is 5. The van der Waals surface area contributed by atoms with Gasteiger partial charge in [-0.3, -0.25) is 4.79 Å². The van der Waals surface area contributed by atoms with E-state index >= 15 is 0 Å². The van der Waals surface area contributed by atoms with Gasteiger partial charge in [0.25, 0.3) is 0 Å². The summed E-state index contributed by atoms with van der Waals surface area (Å²) in [6.07, 6.45) is 3.27. The van der Waals surface area contributed by atoms with E-state index < -0.39 is 0 Å². The van der Waals surface area contributed by atoms with Gasteiger partial charge in [-0.05, 0) is 19.1 Å². The molecule has 1 atom stereocenters. The Morgan fingerprint density at radius 1 is 1.52 bits per heavy atom. The Labute approximate surface area is 124 Å². The van der Waals surface area contributed by atoms with Crippen LogP contribution in [-0.4, -0.2) is 54.9 Å². The van der Waals surface area contributed by atoms with Gasteiger partial charge in [0.2, 0.25) is 5.91 Å². The van der Waals surface area contributed by atoms with Crippen molar-refractivity contribution in [2.24, 2.45) is 0 Å². The monoisotopic (exact) mass is 291 g/mol. The van der Waals surface area contributed by atoms with Crippen LogP contribution in [0.25, 0.3) is 6.08 Å². The molecule has 0 aliphatic carbocycles. The molecule has 0 bridgehead atoms. The van der Waals surface area contributed by atoms with Gasteiger partial charge < -0.3 is 19.5 Å². The number of aliphatic hydroxyl groups is 1. The van der Waals surface area contributed by atoms with E-state index in [-0.39, 0.29) is 18.6 Å². The smallest absolute Gasteiger partial charge is 0.247 e. The minimum atomic E-state index is -0.266. The minimum absolute atomic E-state index is 0.0882. The van der Waals surface area contributed by atoms with Crippen molar-refractivity contribution in [3.63, 3.8) is 0 Å². The van der Waals surface area contributed by atoms with Gasteiger partial charge in [0, 0.05) is 18.2 Å². The molecule has 1 fully saturated rings. The van der Waals surface area contributed by atoms with E-state index in [2.05, 4.69) is 0 Å². The zero-order chi connectivity index (χ0) is 15.1. The van der Waals surface area contributed by atoms with E-state index in [1.54, 1.807) is 11.0 Å². The highest BCUT2D eigenvalue weighted by molar-refractivity contribution is 5.92. The number of carbonyl (C=O) groups is 1. The number of morpholine rings is 1. The van der Waals surface area contributed by atoms with Gasteiger partial charge in [0.05, 0.1) is 32.5 Å². The van der Waals surface area contributed by atoms with E-state index in [1.165, 1.54) is 6.08 Å². The standard InChI is InChI=1S/C16H21NO4/c1-2-21-15-6-4-3-5-13(15)7-8-16(19)17-9-10-20-12-14(17)11-18/h3-8,14,18H,2,9-12H2,1H3/b8-7+. The number of aliphatic hydroxyl groups excluding tert-OH is 1. The van der Waals surface area contributed by atoms with Crippen molar-refractivity contribution in [1.29, 1.82) is 0 Å². The molecule has 1 aliphatic heterocycles. The normalized spacial score (nSPS) is 19.0. The lowest BCUT2D eigenvalue weighted by Crippen LogP contribution is -2.49. The van der Waals surface area contributed by atoms with Crippen molar-refractivity contribution in [2.75, 3.05) is 33.0 Å². The summed E-state index contributed by atoms with van der Waals surface area (Å²) < 4.78 is 10.8. The first-order chi connectivity index (χ1) is 10.3. The van der Waals surface area contributed by atoms with Crippen LogP contribution in [0.1, 0.15) is 12.5 Å². The molecule has 0 saturated carbocycles. The molecule has 2 rings (SSSR count). The first-order valence-corrected chi connectivity index (χ1v) is 7.15. The number of nitrogens with zero attached hydrogens (tertiary/aromatic N) is 1. The molecule has 0 spiro atoms. The van der Waals surface area contributed by atoms with Gasteiger partial charge in [-0.25, -0.2) is 0 Å². The molecule has 1 aliphatic rings. The van der Waals surface area contributed by atoms with Gasteiger partial charge in [-0.2, -0.15) is 0 Å². The molecule has 21 heavy (non-hydrogen) atoms. The highest BCUT2D eigenvalue weighted by Gasteiger charge is 2.25. The maximum atomic E-state index is 12.2. The van der Waals surface area contributed by atoms with Gasteiger partial charge in [-0.1, -0.05) is 18.2 Å². The summed E-state index contributed by atoms with van der Waals surface area (Å²) >= 11 is 0. The highest BCUT2D eigenvalue weighted by Crippen LogP contribution is 2.19. The molecule has 0 aromatic heterocycles. The topological polar surface area (TPSA) is 59.0 Å². The first kappa shape index (κ1) is 15.5. The van der Waals surface area contributed by atoms with Gasteiger partial charge in [0.1, 0.15) is 5.75 Å². The maximum Gasteiger partial charge on any atom is 0.247 e. The summed E-state index contributed by atoms with van der Waals surface area (Å²) in [5.74, 6) is 0.633. The third-order valence-corrected chi connectivity index (χ3v) is 3.35. The molecule has 1 heterocycles. The first-order valence-electron chi connectivity index (χ1n) is 7.15. The lowest BCUT2D eigenvalue weighted by atomic mass is 10.1. The van der Waals surface area contributed by atoms with Crippen molar-refractivity contribution >= 4 is 12.0 Å². The fourth-order valence-corrected chi connectivity index (χ4v) is 2.26. The Hall–Kier alpha value is -1.85. The summed E-state index contributed by atoms with van der Waals surface area (Å²) in [6.45, 7) is 3.80. The number of hydrogen-bond acceptors (Lipinski definition) is 4. The third-order valence-electron chi connectivity index (χ3n) is 3.35. The Bertz CT molecular complexity index is 501. The van der Waals surface area contributed by atoms with Crippen LogP contribution in [0, 0.1) is 0 Å². The highest BCUT2D eigenvalue weighted by atomic mass is 16.5. The molecule has 5 nitrogen and oxygen atoms in total. The quantitative estimate of drug-likeness (QED) is 0.831. The molecular formula is C16H21NO4. The van der Waals surface area contributed by atoms with E-state index in [9.17, 15) is 9.90 Å². The number of ether oxygens (including phenoxy) is 2. The minimum Gasteiger partial charge on any atom is -0.493 e. The molecule has 1 unspecified atom stereocenters. The fraction of sp³-hybridized carbons (Fsp3) is 0.438. The third kappa shape index (κ3) is 4.06. The average molecular weight is 291 g/mol. The van der Waals surface area contributed by atoms with Crippen LogP contribution in [-0.2, 0) is 9.53 Å². The van der Waals surface area contributed by atoms with Crippen LogP contribution in [0.5, 0.6) is 5.75 Å². The summed E-state index contributed by atoms with van der Waals surface area (Å²) in [6, 6.07) is 7.31. The number of amides is 1. The molecular weight excluding hydrogens is 270 g/mol. The Morgan fingerprint density at radius 3 is 3.10 bits per heavy atom. The summed E-state index contributed by atoms with van der Waals surface area (Å²) in [7, 11) is 0. The molecule has 1 aromatic rings. The second-order valence-corrected chi connectivity index (χ2v) is 4.75. The summed E-state index contributed by atoms with van der Waals surface area (Å²) in [5, 5.41) is 9.29. The van der Waals surface area contributed by atoms with Crippen molar-refractivity contribution in [1.82, 2.24) is 4.90 Å². The SMILES string of the molecule is CCOc1ccccc1/C=C/C(=O)N1CCOCC1CO. The Morgan fingerprint density at radius 2 is 2.33 bits per heavy atom. The Balaban J connectivity index is 2.07. The van der Waals surface area contributed by atoms with E-state index in [0.717, 1.165) is 11.3 Å². The van der Waals surface area contributed by atoms with Crippen LogP contribution in [0.4, 0.5) is 0 Å². The molecule has 5 heteroatoms. The summed E-state index contributed by atoms with van der Waals surface area (Å²) in [5.41, 5.74) is 0.863. The lowest BCUT2D eigenvalue weighted by Gasteiger charge is -2.33. The van der Waals surface area contributed by atoms with E-state index in [4.69, 9.17) is 9.47 Å². The van der Waals surface area contributed by atoms with Crippen LogP contribution < -0.4 is 4.74 Å². The number of carbonyl (C=O) groups excluding carboxylic acids is 1. The predicted molar refractivity (Wildman–Crippen MR) is 80.1 cm³/mol. The maximum absolute atomic E-state index is 12.2. The molecule has 0 radical (unpaired) electrons. The van der Waals surface area contributed by atoms with Crippen LogP contribution in [0.15, 0.2) is 30.3 Å². The molecule has 1 N–H and O–H groups in total. The van der Waals surface area contributed by atoms with Gasteiger partial charge >= 0.3 is 0 Å². The lowest BCUT2D eigenvalue weighted by molar-refractivity contribution is -0.136. The zero-order valence-electron chi connectivity index (χ0n) is 12.2. The van der Waals surface area contributed by atoms with Crippen molar-refractivity contribution in [2.45, 2.75) is 13.0 Å². The van der Waals surface area contributed by atoms with Crippen molar-refractivity contribution in [3.05, 3.63) is 35.9 Å². The van der Waals surface area contributed by atoms with Gasteiger partial charge in [0.15, 0.2) is 0 Å². The summed E-state index contributed by atoms with van der Waals surface area (Å²) in [4.78, 5) is 13.9. The predicted octanol–water partition coefficient (Wildman–Crippen LogP) is 1.32. The number of hydrogen-bond donors (Lipinski definition) is 1. The Kier molecular flexibility index (Phi) is 5.78. The second kappa shape index (κ2) is 7.81. The molecule has 1 saturated heterocycles.